The monoisotopic (exact) mass is 324 g/mol. The van der Waals surface area contributed by atoms with Gasteiger partial charge in [-0.05, 0) is 55.7 Å². The van der Waals surface area contributed by atoms with Crippen molar-refractivity contribution < 1.29 is 14.0 Å². The first kappa shape index (κ1) is 15.0. The predicted molar refractivity (Wildman–Crippen MR) is 87.2 cm³/mol. The number of aromatic nitrogens is 2. The highest BCUT2D eigenvalue weighted by atomic mass is 19.1. The van der Waals surface area contributed by atoms with Gasteiger partial charge >= 0.3 is 0 Å². The van der Waals surface area contributed by atoms with Crippen molar-refractivity contribution >= 4 is 17.6 Å². The van der Waals surface area contributed by atoms with Crippen LogP contribution in [-0.4, -0.2) is 21.3 Å². The molecular weight excluding hydrogens is 307 g/mol. The number of carbonyl (C=O) groups is 2. The van der Waals surface area contributed by atoms with Crippen LogP contribution in [0.1, 0.15) is 37.4 Å². The van der Waals surface area contributed by atoms with Crippen LogP contribution >= 0.6 is 0 Å². The van der Waals surface area contributed by atoms with Crippen molar-refractivity contribution in [3.05, 3.63) is 53.1 Å². The number of fused-ring (bicyclic) bond motifs is 2. The zero-order chi connectivity index (χ0) is 16.9. The highest BCUT2D eigenvalue weighted by molar-refractivity contribution is 5.96. The summed E-state index contributed by atoms with van der Waals surface area (Å²) >= 11 is 0. The molecule has 2 aromatic rings. The summed E-state index contributed by atoms with van der Waals surface area (Å²) in [5.41, 5.74) is 2.97. The summed E-state index contributed by atoms with van der Waals surface area (Å²) in [6, 6.07) is 6.16. The van der Waals surface area contributed by atoms with Crippen molar-refractivity contribution in [2.24, 2.45) is 5.41 Å². The van der Waals surface area contributed by atoms with Crippen LogP contribution in [-0.2, 0) is 16.0 Å². The van der Waals surface area contributed by atoms with Crippen LogP contribution in [0.2, 0.25) is 0 Å². The van der Waals surface area contributed by atoms with Gasteiger partial charge in [0.05, 0.1) is 23.0 Å². The second-order valence-electron chi connectivity index (χ2n) is 6.64. The topological polar surface area (TPSA) is 52.0 Å². The standard InChI is InChI=1S/C19H17FN2O2/c1-12(23)19-9-13-11-21-22(16-5-3-15(20)4-6-16)18(13)8-14(19)2-7-17(24)10-19/h3-6,8,11H,2,7,9-10H2,1H3/t19-/m1/s1. The van der Waals surface area contributed by atoms with Crippen LogP contribution in [0.25, 0.3) is 11.8 Å². The molecule has 2 aliphatic carbocycles. The van der Waals surface area contributed by atoms with E-state index in [4.69, 9.17) is 0 Å². The highest BCUT2D eigenvalue weighted by Crippen LogP contribution is 2.47. The van der Waals surface area contributed by atoms with Gasteiger partial charge in [0.25, 0.3) is 0 Å². The lowest BCUT2D eigenvalue weighted by molar-refractivity contribution is -0.132. The van der Waals surface area contributed by atoms with Crippen molar-refractivity contribution in [2.75, 3.05) is 0 Å². The van der Waals surface area contributed by atoms with Crippen molar-refractivity contribution in [3.8, 4) is 5.69 Å². The molecule has 0 N–H and O–H groups in total. The molecule has 0 bridgehead atoms. The second kappa shape index (κ2) is 5.23. The third-order valence-corrected chi connectivity index (χ3v) is 5.22. The fraction of sp³-hybridized carbons (Fsp3) is 0.316. The van der Waals surface area contributed by atoms with E-state index in [0.717, 1.165) is 22.5 Å². The van der Waals surface area contributed by atoms with E-state index in [-0.39, 0.29) is 23.8 Å². The van der Waals surface area contributed by atoms with Crippen LogP contribution in [0.3, 0.4) is 0 Å². The quantitative estimate of drug-likeness (QED) is 0.852. The maximum atomic E-state index is 13.2. The van der Waals surface area contributed by atoms with Crippen molar-refractivity contribution in [1.82, 2.24) is 9.78 Å². The third-order valence-electron chi connectivity index (χ3n) is 5.22. The second-order valence-corrected chi connectivity index (χ2v) is 6.64. The first-order chi connectivity index (χ1) is 11.5. The summed E-state index contributed by atoms with van der Waals surface area (Å²) in [6.45, 7) is 1.57. The van der Waals surface area contributed by atoms with Crippen LogP contribution in [0.5, 0.6) is 0 Å². The molecule has 1 aromatic carbocycles. The van der Waals surface area contributed by atoms with E-state index in [1.165, 1.54) is 12.1 Å². The molecule has 0 amide bonds. The van der Waals surface area contributed by atoms with Crippen LogP contribution in [0, 0.1) is 11.2 Å². The van der Waals surface area contributed by atoms with Gasteiger partial charge in [0.15, 0.2) is 0 Å². The number of Topliss-reactive ketones (excluding diaryl/α,β-unsaturated/α-hetero) is 2. The van der Waals surface area contributed by atoms with E-state index in [1.807, 2.05) is 6.08 Å². The SMILES string of the molecule is CC(=O)[C@@]12CC(=O)CCC1=Cc1c(cnn1-c1ccc(F)cc1)C2. The smallest absolute Gasteiger partial charge is 0.140 e. The number of halogens is 1. The zero-order valence-electron chi connectivity index (χ0n) is 13.4. The molecule has 1 atom stereocenters. The fourth-order valence-electron chi connectivity index (χ4n) is 3.87. The molecule has 0 unspecified atom stereocenters. The Morgan fingerprint density at radius 2 is 1.96 bits per heavy atom. The summed E-state index contributed by atoms with van der Waals surface area (Å²) < 4.78 is 14.9. The lowest BCUT2D eigenvalue weighted by atomic mass is 9.62. The minimum Gasteiger partial charge on any atom is -0.300 e. The summed E-state index contributed by atoms with van der Waals surface area (Å²) in [6.07, 6.45) is 5.65. The molecular formula is C19H17FN2O2. The van der Waals surface area contributed by atoms with Gasteiger partial charge < -0.3 is 0 Å². The molecule has 24 heavy (non-hydrogen) atoms. The Bertz CT molecular complexity index is 879. The van der Waals surface area contributed by atoms with Gasteiger partial charge in [-0.3, -0.25) is 9.59 Å². The molecule has 1 saturated carbocycles. The molecule has 1 aromatic heterocycles. The lowest BCUT2D eigenvalue weighted by Crippen LogP contribution is -2.41. The predicted octanol–water partition coefficient (Wildman–Crippen LogP) is 3.28. The Hall–Kier alpha value is -2.56. The van der Waals surface area contributed by atoms with Gasteiger partial charge in [-0.2, -0.15) is 5.10 Å². The molecule has 4 rings (SSSR count). The van der Waals surface area contributed by atoms with Gasteiger partial charge in [0, 0.05) is 12.8 Å². The van der Waals surface area contributed by atoms with Crippen LogP contribution in [0.15, 0.2) is 36.0 Å². The first-order valence-electron chi connectivity index (χ1n) is 8.06. The number of hydrogen-bond donors (Lipinski definition) is 0. The van der Waals surface area contributed by atoms with E-state index >= 15 is 0 Å². The maximum absolute atomic E-state index is 13.2. The number of nitrogens with zero attached hydrogens (tertiary/aromatic N) is 2. The Balaban J connectivity index is 1.83. The van der Waals surface area contributed by atoms with Gasteiger partial charge in [-0.1, -0.05) is 5.57 Å². The molecule has 1 fully saturated rings. The lowest BCUT2D eigenvalue weighted by Gasteiger charge is -2.39. The summed E-state index contributed by atoms with van der Waals surface area (Å²) in [5, 5.41) is 4.42. The number of allylic oxidation sites excluding steroid dienone is 1. The van der Waals surface area contributed by atoms with Crippen LogP contribution < -0.4 is 0 Å². The van der Waals surface area contributed by atoms with Gasteiger partial charge in [-0.15, -0.1) is 0 Å². The molecule has 122 valence electrons. The minimum absolute atomic E-state index is 0.0435. The van der Waals surface area contributed by atoms with Crippen molar-refractivity contribution in [3.63, 3.8) is 0 Å². The highest BCUT2D eigenvalue weighted by Gasteiger charge is 2.46. The Kier molecular flexibility index (Phi) is 3.27. The molecule has 2 aliphatic rings. The largest absolute Gasteiger partial charge is 0.300 e. The van der Waals surface area contributed by atoms with Crippen molar-refractivity contribution in [1.29, 1.82) is 0 Å². The molecule has 4 nitrogen and oxygen atoms in total. The van der Waals surface area contributed by atoms with Crippen molar-refractivity contribution in [2.45, 2.75) is 32.6 Å². The number of ketones is 2. The van der Waals surface area contributed by atoms with E-state index in [9.17, 15) is 14.0 Å². The van der Waals surface area contributed by atoms with Gasteiger partial charge in [0.2, 0.25) is 0 Å². The van der Waals surface area contributed by atoms with E-state index in [1.54, 1.807) is 29.9 Å². The zero-order valence-corrected chi connectivity index (χ0v) is 13.4. The summed E-state index contributed by atoms with van der Waals surface area (Å²) in [7, 11) is 0. The number of hydrogen-bond acceptors (Lipinski definition) is 3. The molecule has 5 heteroatoms. The Morgan fingerprint density at radius 1 is 1.21 bits per heavy atom. The summed E-state index contributed by atoms with van der Waals surface area (Å²) in [4.78, 5) is 24.3. The van der Waals surface area contributed by atoms with Gasteiger partial charge in [-0.25, -0.2) is 9.07 Å². The fourth-order valence-corrected chi connectivity index (χ4v) is 3.87. The average molecular weight is 324 g/mol. The molecule has 0 saturated heterocycles. The van der Waals surface area contributed by atoms with Crippen LogP contribution in [0.4, 0.5) is 4.39 Å². The maximum Gasteiger partial charge on any atom is 0.140 e. The number of carbonyl (C=O) groups excluding carboxylic acids is 2. The first-order valence-corrected chi connectivity index (χ1v) is 8.06. The molecule has 1 heterocycles. The van der Waals surface area contributed by atoms with E-state index in [2.05, 4.69) is 5.10 Å². The Morgan fingerprint density at radius 3 is 2.67 bits per heavy atom. The molecule has 0 aliphatic heterocycles. The molecule has 0 radical (unpaired) electrons. The molecule has 0 spiro atoms. The number of benzene rings is 1. The number of rotatable bonds is 2. The summed E-state index contributed by atoms with van der Waals surface area (Å²) in [5.74, 6) is -0.0989. The average Bonchev–Trinajstić information content (AvgIpc) is 2.95. The Labute approximate surface area is 139 Å². The normalized spacial score (nSPS) is 22.6. The van der Waals surface area contributed by atoms with E-state index in [0.29, 0.717) is 19.3 Å². The van der Waals surface area contributed by atoms with E-state index < -0.39 is 5.41 Å². The van der Waals surface area contributed by atoms with Gasteiger partial charge in [0.1, 0.15) is 17.4 Å². The minimum atomic E-state index is -0.695. The third kappa shape index (κ3) is 2.15.